The van der Waals surface area contributed by atoms with Crippen LogP contribution in [0.1, 0.15) is 30.0 Å². The summed E-state index contributed by atoms with van der Waals surface area (Å²) in [6.45, 7) is 2.63. The molecule has 0 spiro atoms. The number of nitrogens with one attached hydrogen (secondary N) is 1. The van der Waals surface area contributed by atoms with Gasteiger partial charge >= 0.3 is 0 Å². The van der Waals surface area contributed by atoms with E-state index in [4.69, 9.17) is 14.2 Å². The van der Waals surface area contributed by atoms with Gasteiger partial charge in [-0.2, -0.15) is 0 Å². The standard InChI is InChI=1S/C23H30N2O4/c1-27-19-9-6-17(7-10-19)14-23(26)24-16-20(25-12-4-5-13-25)18-8-11-21(28-2)22(15-18)29-3/h6-11,15,20H,4-5,12-14,16H2,1-3H3,(H,24,26). The molecule has 1 fully saturated rings. The molecule has 1 amide bonds. The lowest BCUT2D eigenvalue weighted by Crippen LogP contribution is -2.37. The van der Waals surface area contributed by atoms with E-state index in [1.807, 2.05) is 36.4 Å². The van der Waals surface area contributed by atoms with Crippen LogP contribution in [-0.4, -0.2) is 51.8 Å². The van der Waals surface area contributed by atoms with E-state index in [9.17, 15) is 4.79 Å². The molecule has 2 aromatic carbocycles. The Labute approximate surface area is 172 Å². The Morgan fingerprint density at radius 2 is 1.66 bits per heavy atom. The molecule has 1 aliphatic rings. The molecule has 1 unspecified atom stereocenters. The monoisotopic (exact) mass is 398 g/mol. The Balaban J connectivity index is 1.68. The van der Waals surface area contributed by atoms with Gasteiger partial charge in [-0.05, 0) is 61.3 Å². The Hall–Kier alpha value is -2.73. The molecule has 0 aliphatic carbocycles. The lowest BCUT2D eigenvalue weighted by Gasteiger charge is -2.28. The molecular weight excluding hydrogens is 368 g/mol. The summed E-state index contributed by atoms with van der Waals surface area (Å²) in [7, 11) is 4.91. The second kappa shape index (κ2) is 10.2. The van der Waals surface area contributed by atoms with Gasteiger partial charge in [-0.3, -0.25) is 9.69 Å². The van der Waals surface area contributed by atoms with Gasteiger partial charge in [0.25, 0.3) is 0 Å². The number of amides is 1. The first-order valence-electron chi connectivity index (χ1n) is 10.00. The lowest BCUT2D eigenvalue weighted by molar-refractivity contribution is -0.120. The molecule has 3 rings (SSSR count). The molecule has 0 aromatic heterocycles. The molecule has 0 radical (unpaired) electrons. The topological polar surface area (TPSA) is 60.0 Å². The van der Waals surface area contributed by atoms with Crippen LogP contribution < -0.4 is 19.5 Å². The zero-order chi connectivity index (χ0) is 20.6. The van der Waals surface area contributed by atoms with E-state index in [2.05, 4.69) is 16.3 Å². The van der Waals surface area contributed by atoms with Crippen molar-refractivity contribution in [1.82, 2.24) is 10.2 Å². The van der Waals surface area contributed by atoms with Crippen LogP contribution in [0.15, 0.2) is 42.5 Å². The molecule has 6 heteroatoms. The maximum absolute atomic E-state index is 12.5. The van der Waals surface area contributed by atoms with Crippen molar-refractivity contribution < 1.29 is 19.0 Å². The van der Waals surface area contributed by atoms with Crippen LogP contribution >= 0.6 is 0 Å². The minimum absolute atomic E-state index is 0.0137. The average Bonchev–Trinajstić information content (AvgIpc) is 3.28. The quantitative estimate of drug-likeness (QED) is 0.703. The van der Waals surface area contributed by atoms with Crippen molar-refractivity contribution in [2.75, 3.05) is 41.0 Å². The van der Waals surface area contributed by atoms with Crippen LogP contribution in [0.2, 0.25) is 0 Å². The highest BCUT2D eigenvalue weighted by molar-refractivity contribution is 5.78. The van der Waals surface area contributed by atoms with Gasteiger partial charge in [0.05, 0.1) is 33.8 Å². The van der Waals surface area contributed by atoms with Crippen LogP contribution in [0, 0.1) is 0 Å². The van der Waals surface area contributed by atoms with Crippen molar-refractivity contribution in [2.45, 2.75) is 25.3 Å². The number of carbonyl (C=O) groups excluding carboxylic acids is 1. The first-order valence-corrected chi connectivity index (χ1v) is 10.00. The van der Waals surface area contributed by atoms with Gasteiger partial charge in [0.2, 0.25) is 5.91 Å². The summed E-state index contributed by atoms with van der Waals surface area (Å²) in [5.74, 6) is 2.22. The summed E-state index contributed by atoms with van der Waals surface area (Å²) in [6.07, 6.45) is 2.72. The Morgan fingerprint density at radius 3 is 2.28 bits per heavy atom. The average molecular weight is 399 g/mol. The molecule has 29 heavy (non-hydrogen) atoms. The summed E-state index contributed by atoms with van der Waals surface area (Å²) in [5.41, 5.74) is 2.08. The second-order valence-electron chi connectivity index (χ2n) is 7.20. The molecule has 1 N–H and O–H groups in total. The van der Waals surface area contributed by atoms with Gasteiger partial charge in [-0.25, -0.2) is 0 Å². The van der Waals surface area contributed by atoms with E-state index in [1.165, 1.54) is 12.8 Å². The number of methoxy groups -OCH3 is 3. The number of hydrogen-bond acceptors (Lipinski definition) is 5. The third-order valence-corrected chi connectivity index (χ3v) is 5.39. The Kier molecular flexibility index (Phi) is 7.36. The number of hydrogen-bond donors (Lipinski definition) is 1. The largest absolute Gasteiger partial charge is 0.497 e. The molecule has 1 aliphatic heterocycles. The number of likely N-dealkylation sites (tertiary alicyclic amines) is 1. The Bertz CT molecular complexity index is 801. The SMILES string of the molecule is COc1ccc(CC(=O)NCC(c2ccc(OC)c(OC)c2)N2CCCC2)cc1. The van der Waals surface area contributed by atoms with Gasteiger partial charge in [-0.1, -0.05) is 18.2 Å². The van der Waals surface area contributed by atoms with E-state index in [-0.39, 0.29) is 11.9 Å². The molecule has 1 heterocycles. The Morgan fingerprint density at radius 1 is 0.966 bits per heavy atom. The molecule has 156 valence electrons. The van der Waals surface area contributed by atoms with E-state index in [0.29, 0.717) is 24.5 Å². The van der Waals surface area contributed by atoms with E-state index in [1.54, 1.807) is 21.3 Å². The first-order chi connectivity index (χ1) is 14.1. The minimum atomic E-state index is 0.0137. The number of benzene rings is 2. The maximum atomic E-state index is 12.5. The van der Waals surface area contributed by atoms with E-state index >= 15 is 0 Å². The van der Waals surface area contributed by atoms with Crippen LogP contribution in [0.4, 0.5) is 0 Å². The van der Waals surface area contributed by atoms with Gasteiger partial charge in [0.15, 0.2) is 11.5 Å². The molecule has 1 atom stereocenters. The van der Waals surface area contributed by atoms with Crippen molar-refractivity contribution in [2.24, 2.45) is 0 Å². The zero-order valence-electron chi connectivity index (χ0n) is 17.4. The summed E-state index contributed by atoms with van der Waals surface area (Å²) in [6, 6.07) is 13.7. The van der Waals surface area contributed by atoms with Gasteiger partial charge in [-0.15, -0.1) is 0 Å². The highest BCUT2D eigenvalue weighted by Crippen LogP contribution is 2.33. The lowest BCUT2D eigenvalue weighted by atomic mass is 10.0. The van der Waals surface area contributed by atoms with Crippen LogP contribution in [0.5, 0.6) is 17.2 Å². The predicted octanol–water partition coefficient (Wildman–Crippen LogP) is 3.21. The number of ether oxygens (including phenoxy) is 3. The van der Waals surface area contributed by atoms with Gasteiger partial charge in [0, 0.05) is 6.54 Å². The predicted molar refractivity (Wildman–Crippen MR) is 113 cm³/mol. The third kappa shape index (κ3) is 5.41. The van der Waals surface area contributed by atoms with Crippen LogP contribution in [-0.2, 0) is 11.2 Å². The molecule has 2 aromatic rings. The summed E-state index contributed by atoms with van der Waals surface area (Å²) in [5, 5.41) is 3.12. The second-order valence-corrected chi connectivity index (χ2v) is 7.20. The summed E-state index contributed by atoms with van der Waals surface area (Å²) < 4.78 is 16.0. The maximum Gasteiger partial charge on any atom is 0.224 e. The molecule has 1 saturated heterocycles. The highest BCUT2D eigenvalue weighted by atomic mass is 16.5. The summed E-state index contributed by atoms with van der Waals surface area (Å²) in [4.78, 5) is 15.0. The fraction of sp³-hybridized carbons (Fsp3) is 0.435. The van der Waals surface area contributed by atoms with Crippen molar-refractivity contribution in [1.29, 1.82) is 0 Å². The fourth-order valence-corrected chi connectivity index (χ4v) is 3.77. The van der Waals surface area contributed by atoms with Gasteiger partial charge in [0.1, 0.15) is 5.75 Å². The van der Waals surface area contributed by atoms with E-state index in [0.717, 1.165) is 30.0 Å². The third-order valence-electron chi connectivity index (χ3n) is 5.39. The van der Waals surface area contributed by atoms with Crippen molar-refractivity contribution in [3.05, 3.63) is 53.6 Å². The highest BCUT2D eigenvalue weighted by Gasteiger charge is 2.25. The normalized spacial score (nSPS) is 15.0. The number of rotatable bonds is 9. The smallest absolute Gasteiger partial charge is 0.224 e. The molecule has 6 nitrogen and oxygen atoms in total. The fourth-order valence-electron chi connectivity index (χ4n) is 3.77. The molecular formula is C23H30N2O4. The number of carbonyl (C=O) groups is 1. The summed E-state index contributed by atoms with van der Waals surface area (Å²) >= 11 is 0. The van der Waals surface area contributed by atoms with Crippen molar-refractivity contribution in [3.63, 3.8) is 0 Å². The minimum Gasteiger partial charge on any atom is -0.497 e. The van der Waals surface area contributed by atoms with Crippen molar-refractivity contribution >= 4 is 5.91 Å². The zero-order valence-corrected chi connectivity index (χ0v) is 17.4. The first kappa shape index (κ1) is 21.0. The number of nitrogens with zero attached hydrogens (tertiary/aromatic N) is 1. The van der Waals surface area contributed by atoms with E-state index < -0.39 is 0 Å². The van der Waals surface area contributed by atoms with Crippen LogP contribution in [0.3, 0.4) is 0 Å². The van der Waals surface area contributed by atoms with Crippen molar-refractivity contribution in [3.8, 4) is 17.2 Å². The molecule has 0 saturated carbocycles. The molecule has 0 bridgehead atoms. The van der Waals surface area contributed by atoms with Crippen LogP contribution in [0.25, 0.3) is 0 Å². The van der Waals surface area contributed by atoms with Gasteiger partial charge < -0.3 is 19.5 Å².